The maximum atomic E-state index is 11.9. The molecule has 34 heavy (non-hydrogen) atoms. The first-order valence-corrected chi connectivity index (χ1v) is 11.5. The van der Waals surface area contributed by atoms with Gasteiger partial charge in [0.05, 0.1) is 12.0 Å². The summed E-state index contributed by atoms with van der Waals surface area (Å²) in [5.74, 6) is -1.66. The molecule has 2 unspecified atom stereocenters. The molecule has 4 rings (SSSR count). The molecule has 4 atom stereocenters. The topological polar surface area (TPSA) is 132 Å². The highest BCUT2D eigenvalue weighted by Gasteiger charge is 2.51. The van der Waals surface area contributed by atoms with Gasteiger partial charge in [-0.25, -0.2) is 15.0 Å². The third kappa shape index (κ3) is 4.75. The first kappa shape index (κ1) is 24.1. The summed E-state index contributed by atoms with van der Waals surface area (Å²) in [6.45, 7) is 5.80. The number of nitrogens with zero attached hydrogens (tertiary/aromatic N) is 4. The second-order valence-electron chi connectivity index (χ2n) is 9.18. The van der Waals surface area contributed by atoms with Crippen molar-refractivity contribution in [1.82, 2.24) is 19.5 Å². The van der Waals surface area contributed by atoms with E-state index in [0.717, 1.165) is 31.4 Å². The lowest BCUT2D eigenvalue weighted by Crippen LogP contribution is -2.40. The molecule has 0 amide bonds. The molecule has 1 aliphatic heterocycles. The summed E-state index contributed by atoms with van der Waals surface area (Å²) in [6, 6.07) is 0. The van der Waals surface area contributed by atoms with Crippen molar-refractivity contribution in [2.45, 2.75) is 89.8 Å². The summed E-state index contributed by atoms with van der Waals surface area (Å²) in [5, 5.41) is 0. The van der Waals surface area contributed by atoms with E-state index in [0.29, 0.717) is 11.2 Å². The van der Waals surface area contributed by atoms with Crippen LogP contribution in [-0.2, 0) is 38.7 Å². The number of carbonyl (C=O) groups excluding carboxylic acids is 3. The molecule has 1 aliphatic carbocycles. The standard InChI is InChI=1S/C23H30N4O7/c1-13(28)31-10-16-18(32-14(2)29)19(33-15(3)30)22(34-16)27-12-26-17-20(24-11-25-21(17)27)23(4)8-6-5-7-9-23/h11-12,16,18-19,22H,5-10H2,1-4H3/t16-,18?,19?,22-/m1/s1. The van der Waals surface area contributed by atoms with Crippen molar-refractivity contribution < 1.29 is 33.3 Å². The minimum atomic E-state index is -0.997. The largest absolute Gasteiger partial charge is 0.463 e. The monoisotopic (exact) mass is 474 g/mol. The Kier molecular flexibility index (Phi) is 6.83. The van der Waals surface area contributed by atoms with Gasteiger partial charge in [-0.15, -0.1) is 0 Å². The van der Waals surface area contributed by atoms with E-state index in [9.17, 15) is 14.4 Å². The van der Waals surface area contributed by atoms with E-state index in [-0.39, 0.29) is 12.0 Å². The average molecular weight is 475 g/mol. The van der Waals surface area contributed by atoms with Crippen LogP contribution in [0.2, 0.25) is 0 Å². The van der Waals surface area contributed by atoms with Crippen molar-refractivity contribution in [3.63, 3.8) is 0 Å². The van der Waals surface area contributed by atoms with E-state index in [4.69, 9.17) is 18.9 Å². The van der Waals surface area contributed by atoms with E-state index in [1.165, 1.54) is 33.5 Å². The molecule has 1 saturated carbocycles. The predicted molar refractivity (Wildman–Crippen MR) is 117 cm³/mol. The maximum Gasteiger partial charge on any atom is 0.303 e. The minimum Gasteiger partial charge on any atom is -0.463 e. The summed E-state index contributed by atoms with van der Waals surface area (Å²) in [4.78, 5) is 48.8. The van der Waals surface area contributed by atoms with Crippen LogP contribution in [0.1, 0.15) is 71.7 Å². The fourth-order valence-corrected chi connectivity index (χ4v) is 4.97. The zero-order valence-corrected chi connectivity index (χ0v) is 19.9. The molecule has 2 aliphatic rings. The molecule has 184 valence electrons. The third-order valence-corrected chi connectivity index (χ3v) is 6.50. The Morgan fingerprint density at radius 3 is 2.32 bits per heavy atom. The Morgan fingerprint density at radius 1 is 1.00 bits per heavy atom. The Morgan fingerprint density at radius 2 is 1.68 bits per heavy atom. The zero-order valence-electron chi connectivity index (χ0n) is 19.9. The van der Waals surface area contributed by atoms with E-state index in [2.05, 4.69) is 21.9 Å². The fourth-order valence-electron chi connectivity index (χ4n) is 4.97. The fraction of sp³-hybridized carbons (Fsp3) is 0.652. The number of esters is 3. The van der Waals surface area contributed by atoms with E-state index >= 15 is 0 Å². The van der Waals surface area contributed by atoms with Crippen molar-refractivity contribution in [1.29, 1.82) is 0 Å². The van der Waals surface area contributed by atoms with Crippen LogP contribution in [0.5, 0.6) is 0 Å². The average Bonchev–Trinajstić information content (AvgIpc) is 3.33. The van der Waals surface area contributed by atoms with Gasteiger partial charge < -0.3 is 18.9 Å². The van der Waals surface area contributed by atoms with Crippen LogP contribution < -0.4 is 0 Å². The van der Waals surface area contributed by atoms with Gasteiger partial charge in [-0.05, 0) is 12.8 Å². The van der Waals surface area contributed by atoms with Gasteiger partial charge in [0.1, 0.15) is 24.6 Å². The second kappa shape index (κ2) is 9.65. The number of imidazole rings is 1. The number of hydrogen-bond donors (Lipinski definition) is 0. The predicted octanol–water partition coefficient (Wildman–Crippen LogP) is 2.37. The first-order valence-electron chi connectivity index (χ1n) is 11.5. The SMILES string of the molecule is CC(=O)OC[C@H]1O[C@@H](n2cnc3c(C4(C)CCCCC4)ncnc32)C(OC(C)=O)C1OC(C)=O. The summed E-state index contributed by atoms with van der Waals surface area (Å²) in [7, 11) is 0. The number of hydrogen-bond acceptors (Lipinski definition) is 10. The highest BCUT2D eigenvalue weighted by Crippen LogP contribution is 2.41. The van der Waals surface area contributed by atoms with Gasteiger partial charge in [0.25, 0.3) is 0 Å². The first-order chi connectivity index (χ1) is 16.2. The van der Waals surface area contributed by atoms with Crippen LogP contribution in [0.15, 0.2) is 12.7 Å². The summed E-state index contributed by atoms with van der Waals surface area (Å²) in [6.07, 6.45) is 4.83. The number of aromatic nitrogens is 4. The highest BCUT2D eigenvalue weighted by molar-refractivity contribution is 5.74. The molecule has 0 spiro atoms. The van der Waals surface area contributed by atoms with Gasteiger partial charge >= 0.3 is 17.9 Å². The van der Waals surface area contributed by atoms with Crippen molar-refractivity contribution >= 4 is 29.1 Å². The molecule has 0 radical (unpaired) electrons. The van der Waals surface area contributed by atoms with Crippen molar-refractivity contribution in [3.8, 4) is 0 Å². The van der Waals surface area contributed by atoms with Crippen LogP contribution in [0, 0.1) is 0 Å². The Hall–Kier alpha value is -3.08. The Labute approximate surface area is 197 Å². The minimum absolute atomic E-state index is 0.109. The van der Waals surface area contributed by atoms with Crippen molar-refractivity contribution in [2.75, 3.05) is 6.61 Å². The lowest BCUT2D eigenvalue weighted by atomic mass is 9.73. The third-order valence-electron chi connectivity index (χ3n) is 6.50. The van der Waals surface area contributed by atoms with Crippen molar-refractivity contribution in [2.24, 2.45) is 0 Å². The zero-order chi connectivity index (χ0) is 24.5. The molecular formula is C23H30N4O7. The van der Waals surface area contributed by atoms with Crippen LogP contribution in [0.4, 0.5) is 0 Å². The van der Waals surface area contributed by atoms with Gasteiger partial charge in [0, 0.05) is 26.2 Å². The summed E-state index contributed by atoms with van der Waals surface area (Å²) < 4.78 is 23.9. The van der Waals surface area contributed by atoms with Crippen LogP contribution >= 0.6 is 0 Å². The van der Waals surface area contributed by atoms with Gasteiger partial charge in [-0.3, -0.25) is 19.0 Å². The molecule has 0 N–H and O–H groups in total. The summed E-state index contributed by atoms with van der Waals surface area (Å²) >= 11 is 0. The van der Waals surface area contributed by atoms with Crippen molar-refractivity contribution in [3.05, 3.63) is 18.3 Å². The maximum absolute atomic E-state index is 11.9. The molecule has 1 saturated heterocycles. The molecule has 0 aromatic carbocycles. The smallest absolute Gasteiger partial charge is 0.303 e. The molecule has 0 bridgehead atoms. The van der Waals surface area contributed by atoms with E-state index < -0.39 is 42.4 Å². The normalized spacial score (nSPS) is 26.2. The molecular weight excluding hydrogens is 444 g/mol. The number of carbonyl (C=O) groups is 3. The molecule has 2 aromatic rings. The molecule has 11 nitrogen and oxygen atoms in total. The quantitative estimate of drug-likeness (QED) is 0.454. The highest BCUT2D eigenvalue weighted by atomic mass is 16.7. The number of fused-ring (bicyclic) bond motifs is 1. The van der Waals surface area contributed by atoms with Crippen LogP contribution in [-0.4, -0.2) is 62.3 Å². The molecule has 11 heteroatoms. The Bertz CT molecular complexity index is 1080. The Balaban J connectivity index is 1.74. The number of ether oxygens (including phenoxy) is 4. The van der Waals surface area contributed by atoms with E-state index in [1.54, 1.807) is 10.9 Å². The van der Waals surface area contributed by atoms with Gasteiger partial charge in [0.15, 0.2) is 24.1 Å². The molecule has 3 heterocycles. The van der Waals surface area contributed by atoms with Gasteiger partial charge in [-0.2, -0.15) is 0 Å². The second-order valence-corrected chi connectivity index (χ2v) is 9.18. The van der Waals surface area contributed by atoms with E-state index in [1.807, 2.05) is 0 Å². The summed E-state index contributed by atoms with van der Waals surface area (Å²) in [5.41, 5.74) is 1.95. The molecule has 2 aromatic heterocycles. The van der Waals surface area contributed by atoms with Crippen LogP contribution in [0.25, 0.3) is 11.2 Å². The lowest BCUT2D eigenvalue weighted by Gasteiger charge is -2.32. The number of rotatable bonds is 6. The van der Waals surface area contributed by atoms with Gasteiger partial charge in [0.2, 0.25) is 0 Å². The van der Waals surface area contributed by atoms with Crippen LogP contribution in [0.3, 0.4) is 0 Å². The van der Waals surface area contributed by atoms with Gasteiger partial charge in [-0.1, -0.05) is 26.2 Å². The molecule has 2 fully saturated rings. The lowest BCUT2D eigenvalue weighted by molar-refractivity contribution is -0.166.